The first-order valence-corrected chi connectivity index (χ1v) is 8.48. The molecule has 0 aliphatic rings. The van der Waals surface area contributed by atoms with Gasteiger partial charge in [0.1, 0.15) is 11.5 Å². The van der Waals surface area contributed by atoms with Crippen LogP contribution < -0.4 is 11.5 Å². The number of hydrogen-bond donors (Lipinski definition) is 4. The van der Waals surface area contributed by atoms with Gasteiger partial charge in [0.25, 0.3) is 0 Å². The first-order chi connectivity index (χ1) is 13.4. The van der Waals surface area contributed by atoms with Gasteiger partial charge in [0, 0.05) is 22.3 Å². The van der Waals surface area contributed by atoms with Gasteiger partial charge in [0.2, 0.25) is 11.8 Å². The summed E-state index contributed by atoms with van der Waals surface area (Å²) < 4.78 is 0. The maximum absolute atomic E-state index is 11.5. The molecular formula is C22H16N2O4. The monoisotopic (exact) mass is 372 g/mol. The number of nitrogens with two attached hydrogens (primary N) is 2. The molecule has 138 valence electrons. The van der Waals surface area contributed by atoms with Gasteiger partial charge in [0.05, 0.1) is 0 Å². The van der Waals surface area contributed by atoms with Gasteiger partial charge >= 0.3 is 0 Å². The summed E-state index contributed by atoms with van der Waals surface area (Å²) in [5.41, 5.74) is 12.2. The van der Waals surface area contributed by atoms with Crippen LogP contribution in [0.25, 0.3) is 32.7 Å². The molecule has 0 unspecified atom stereocenters. The van der Waals surface area contributed by atoms with E-state index in [-0.39, 0.29) is 11.5 Å². The third-order valence-corrected chi connectivity index (χ3v) is 4.81. The molecule has 0 saturated heterocycles. The summed E-state index contributed by atoms with van der Waals surface area (Å²) in [5, 5.41) is 23.8. The van der Waals surface area contributed by atoms with Crippen LogP contribution in [0.1, 0.15) is 20.7 Å². The number of fused-ring (bicyclic) bond motifs is 2. The molecule has 2 amide bonds. The highest BCUT2D eigenvalue weighted by Crippen LogP contribution is 2.44. The number of rotatable bonds is 3. The van der Waals surface area contributed by atoms with E-state index in [9.17, 15) is 19.8 Å². The molecule has 0 bridgehead atoms. The van der Waals surface area contributed by atoms with Gasteiger partial charge in [-0.1, -0.05) is 24.3 Å². The number of primary amides is 2. The summed E-state index contributed by atoms with van der Waals surface area (Å²) in [6.07, 6.45) is 0. The molecule has 0 radical (unpaired) electrons. The molecule has 4 aromatic carbocycles. The highest BCUT2D eigenvalue weighted by molar-refractivity contribution is 6.11. The molecule has 0 fully saturated rings. The van der Waals surface area contributed by atoms with Crippen molar-refractivity contribution in [2.45, 2.75) is 0 Å². The molecule has 0 atom stereocenters. The van der Waals surface area contributed by atoms with Gasteiger partial charge in [-0.15, -0.1) is 0 Å². The number of amides is 2. The summed E-state index contributed by atoms with van der Waals surface area (Å²) in [7, 11) is 0. The lowest BCUT2D eigenvalue weighted by atomic mass is 9.91. The average molecular weight is 372 g/mol. The Hall–Kier alpha value is -4.06. The molecule has 0 heterocycles. The van der Waals surface area contributed by atoms with Crippen LogP contribution in [0, 0.1) is 0 Å². The van der Waals surface area contributed by atoms with Crippen LogP contribution in [0.5, 0.6) is 11.5 Å². The lowest BCUT2D eigenvalue weighted by molar-refractivity contribution is 0.0992. The van der Waals surface area contributed by atoms with E-state index in [1.807, 2.05) is 0 Å². The van der Waals surface area contributed by atoms with Gasteiger partial charge in [-0.05, 0) is 57.9 Å². The number of phenols is 2. The van der Waals surface area contributed by atoms with Crippen LogP contribution in [0.4, 0.5) is 0 Å². The molecule has 6 heteroatoms. The Balaban J connectivity index is 2.08. The SMILES string of the molecule is NC(=O)c1ccc2c(-c3c(O)ccc4cc(C(N)=O)ccc34)c(O)ccc2c1. The van der Waals surface area contributed by atoms with Gasteiger partial charge in [-0.2, -0.15) is 0 Å². The number of carbonyl (C=O) groups excluding carboxylic acids is 2. The van der Waals surface area contributed by atoms with Gasteiger partial charge in [-0.3, -0.25) is 9.59 Å². The van der Waals surface area contributed by atoms with Crippen molar-refractivity contribution in [1.29, 1.82) is 0 Å². The van der Waals surface area contributed by atoms with E-state index in [0.717, 1.165) is 0 Å². The summed E-state index contributed by atoms with van der Waals surface area (Å²) in [6, 6.07) is 16.1. The molecule has 28 heavy (non-hydrogen) atoms. The minimum atomic E-state index is -0.552. The minimum absolute atomic E-state index is 0.0268. The van der Waals surface area contributed by atoms with Crippen molar-refractivity contribution in [2.24, 2.45) is 11.5 Å². The van der Waals surface area contributed by atoms with E-state index < -0.39 is 11.8 Å². The maximum atomic E-state index is 11.5. The first-order valence-electron chi connectivity index (χ1n) is 8.48. The molecule has 4 rings (SSSR count). The molecule has 0 aliphatic heterocycles. The molecule has 0 aliphatic carbocycles. The zero-order valence-electron chi connectivity index (χ0n) is 14.6. The Kier molecular flexibility index (Phi) is 3.89. The Labute approximate surface area is 159 Å². The van der Waals surface area contributed by atoms with Crippen LogP contribution in [-0.2, 0) is 0 Å². The number of phenolic OH excluding ortho intramolecular Hbond substituents is 2. The topological polar surface area (TPSA) is 127 Å². The second kappa shape index (κ2) is 6.28. The van der Waals surface area contributed by atoms with Crippen molar-refractivity contribution in [3.63, 3.8) is 0 Å². The third kappa shape index (κ3) is 2.68. The zero-order chi connectivity index (χ0) is 20.0. The molecule has 0 aromatic heterocycles. The van der Waals surface area contributed by atoms with E-state index in [4.69, 9.17) is 11.5 Å². The highest BCUT2D eigenvalue weighted by Gasteiger charge is 2.18. The fourth-order valence-electron chi connectivity index (χ4n) is 3.47. The Bertz CT molecular complexity index is 1190. The Morgan fingerprint density at radius 1 is 0.607 bits per heavy atom. The smallest absolute Gasteiger partial charge is 0.248 e. The van der Waals surface area contributed by atoms with E-state index in [1.54, 1.807) is 48.5 Å². The largest absolute Gasteiger partial charge is 0.507 e. The first kappa shape index (κ1) is 17.4. The molecule has 4 aromatic rings. The van der Waals surface area contributed by atoms with Crippen molar-refractivity contribution in [3.05, 3.63) is 71.8 Å². The number of carbonyl (C=O) groups is 2. The molecule has 6 nitrogen and oxygen atoms in total. The molecule has 0 spiro atoms. The standard InChI is InChI=1S/C22H16N2O4/c23-21(27)13-1-5-15-11(9-13)3-7-17(25)19(15)20-16-6-2-14(22(24)28)10-12(16)4-8-18(20)26/h1-10,25-26H,(H2,23,27)(H2,24,28). The third-order valence-electron chi connectivity index (χ3n) is 4.81. The van der Waals surface area contributed by atoms with Crippen molar-refractivity contribution >= 4 is 33.4 Å². The molecule has 6 N–H and O–H groups in total. The fourth-order valence-corrected chi connectivity index (χ4v) is 3.47. The Morgan fingerprint density at radius 2 is 1.00 bits per heavy atom. The van der Waals surface area contributed by atoms with Crippen molar-refractivity contribution in [1.82, 2.24) is 0 Å². The second-order valence-electron chi connectivity index (χ2n) is 6.52. The summed E-state index contributed by atoms with van der Waals surface area (Å²) in [6.45, 7) is 0. The quantitative estimate of drug-likeness (QED) is 0.440. The van der Waals surface area contributed by atoms with Gasteiger partial charge in [-0.25, -0.2) is 0 Å². The molecule has 0 saturated carbocycles. The summed E-state index contributed by atoms with van der Waals surface area (Å²) in [5.74, 6) is -1.16. The number of benzene rings is 4. The van der Waals surface area contributed by atoms with Crippen LogP contribution in [-0.4, -0.2) is 22.0 Å². The minimum Gasteiger partial charge on any atom is -0.507 e. The van der Waals surface area contributed by atoms with Crippen molar-refractivity contribution in [3.8, 4) is 22.6 Å². The number of hydrogen-bond acceptors (Lipinski definition) is 4. The second-order valence-corrected chi connectivity index (χ2v) is 6.52. The van der Waals surface area contributed by atoms with Crippen molar-refractivity contribution in [2.75, 3.05) is 0 Å². The normalized spacial score (nSPS) is 11.0. The average Bonchev–Trinajstić information content (AvgIpc) is 2.68. The fraction of sp³-hybridized carbons (Fsp3) is 0. The van der Waals surface area contributed by atoms with Crippen molar-refractivity contribution < 1.29 is 19.8 Å². The Morgan fingerprint density at radius 3 is 1.36 bits per heavy atom. The highest BCUT2D eigenvalue weighted by atomic mass is 16.3. The lowest BCUT2D eigenvalue weighted by Crippen LogP contribution is -2.10. The van der Waals surface area contributed by atoms with Crippen LogP contribution in [0.2, 0.25) is 0 Å². The van der Waals surface area contributed by atoms with E-state index in [1.165, 1.54) is 12.1 Å². The van der Waals surface area contributed by atoms with E-state index in [0.29, 0.717) is 43.8 Å². The van der Waals surface area contributed by atoms with E-state index >= 15 is 0 Å². The predicted octanol–water partition coefficient (Wildman–Crippen LogP) is 3.27. The number of aromatic hydroxyl groups is 2. The van der Waals surface area contributed by atoms with Crippen LogP contribution >= 0.6 is 0 Å². The molecular weight excluding hydrogens is 356 g/mol. The summed E-state index contributed by atoms with van der Waals surface area (Å²) in [4.78, 5) is 23.0. The maximum Gasteiger partial charge on any atom is 0.248 e. The zero-order valence-corrected chi connectivity index (χ0v) is 14.6. The summed E-state index contributed by atoms with van der Waals surface area (Å²) >= 11 is 0. The van der Waals surface area contributed by atoms with E-state index in [2.05, 4.69) is 0 Å². The van der Waals surface area contributed by atoms with Crippen LogP contribution in [0.15, 0.2) is 60.7 Å². The lowest BCUT2D eigenvalue weighted by Gasteiger charge is -2.15. The predicted molar refractivity (Wildman–Crippen MR) is 107 cm³/mol. The van der Waals surface area contributed by atoms with Gasteiger partial charge < -0.3 is 21.7 Å². The van der Waals surface area contributed by atoms with Crippen LogP contribution in [0.3, 0.4) is 0 Å². The van der Waals surface area contributed by atoms with Gasteiger partial charge in [0.15, 0.2) is 0 Å².